The van der Waals surface area contributed by atoms with Gasteiger partial charge in [-0.2, -0.15) is 0 Å². The van der Waals surface area contributed by atoms with E-state index in [1.54, 1.807) is 0 Å². The summed E-state index contributed by atoms with van der Waals surface area (Å²) in [6.45, 7) is 0.400. The number of benzene rings is 6. The fourth-order valence-electron chi connectivity index (χ4n) is 7.36. The van der Waals surface area contributed by atoms with Crippen LogP contribution in [0.4, 0.5) is 4.79 Å². The Morgan fingerprint density at radius 3 is 1.43 bits per heavy atom. The molecule has 1 amide bonds. The molecule has 0 saturated carbocycles. The van der Waals surface area contributed by atoms with Gasteiger partial charge in [0.2, 0.25) is 12.2 Å². The smallest absolute Gasteiger partial charge is 0.409 e. The quantitative estimate of drug-likeness (QED) is 0.0219. The second kappa shape index (κ2) is 22.4. The van der Waals surface area contributed by atoms with Crippen molar-refractivity contribution >= 4 is 46.8 Å². The molecule has 0 aromatic heterocycles. The molecule has 1 unspecified atom stereocenters. The fraction of sp³-hybridized carbons (Fsp3) is 0.240. The van der Waals surface area contributed by atoms with E-state index in [0.29, 0.717) is 23.3 Å². The number of carbonyl (C=O) groups excluding carboxylic acids is 1. The minimum atomic E-state index is -2.28. The summed E-state index contributed by atoms with van der Waals surface area (Å²) < 4.78 is 42.4. The highest BCUT2D eigenvalue weighted by Crippen LogP contribution is 2.41. The van der Waals surface area contributed by atoms with E-state index in [1.165, 1.54) is 0 Å². The second-order valence-electron chi connectivity index (χ2n) is 14.7. The van der Waals surface area contributed by atoms with Crippen LogP contribution in [0.3, 0.4) is 0 Å². The Labute approximate surface area is 382 Å². The van der Waals surface area contributed by atoms with Crippen molar-refractivity contribution in [2.24, 2.45) is 0 Å². The molecule has 0 bridgehead atoms. The monoisotopic (exact) mass is 908 g/mol. The lowest BCUT2D eigenvalue weighted by atomic mass is 9.80. The van der Waals surface area contributed by atoms with Crippen LogP contribution in [0, 0.1) is 5.41 Å². The molecule has 5 atom stereocenters. The number of hydrogen-bond acceptors (Lipinski definition) is 9. The molecule has 2 N–H and O–H groups in total. The first-order valence-electron chi connectivity index (χ1n) is 20.3. The van der Waals surface area contributed by atoms with E-state index in [4.69, 9.17) is 73.4 Å². The topological polar surface area (TPSA) is 118 Å². The minimum absolute atomic E-state index is 0.0727. The van der Waals surface area contributed by atoms with E-state index >= 15 is 0 Å². The Bertz CT molecular complexity index is 2200. The first-order valence-corrected chi connectivity index (χ1v) is 21.5. The summed E-state index contributed by atoms with van der Waals surface area (Å²) in [5.74, 6) is -0.749. The highest BCUT2D eigenvalue weighted by Gasteiger charge is 2.52. The van der Waals surface area contributed by atoms with Crippen LogP contribution in [-0.4, -0.2) is 59.8 Å². The Morgan fingerprint density at radius 2 is 0.984 bits per heavy atom. The molecule has 7 rings (SSSR count). The van der Waals surface area contributed by atoms with E-state index in [9.17, 15) is 4.79 Å². The molecule has 0 aliphatic carbocycles. The van der Waals surface area contributed by atoms with Gasteiger partial charge in [-0.3, -0.25) is 5.41 Å². The van der Waals surface area contributed by atoms with Crippen LogP contribution in [0.5, 0.6) is 0 Å². The van der Waals surface area contributed by atoms with Gasteiger partial charge in [0.15, 0.2) is 5.60 Å². The van der Waals surface area contributed by atoms with E-state index < -0.39 is 52.0 Å². The van der Waals surface area contributed by atoms with Gasteiger partial charge in [0.05, 0.1) is 26.4 Å². The lowest BCUT2D eigenvalue weighted by Gasteiger charge is -2.46. The van der Waals surface area contributed by atoms with Crippen LogP contribution in [0.1, 0.15) is 33.4 Å². The fourth-order valence-corrected chi connectivity index (χ4v) is 7.50. The summed E-state index contributed by atoms with van der Waals surface area (Å²) in [5.41, 5.74) is 3.33. The van der Waals surface area contributed by atoms with E-state index in [2.05, 4.69) is 5.32 Å². The zero-order valence-electron chi connectivity index (χ0n) is 34.1. The van der Waals surface area contributed by atoms with Crippen LogP contribution in [0.15, 0.2) is 182 Å². The molecule has 1 aliphatic rings. The Kier molecular flexibility index (Phi) is 16.2. The van der Waals surface area contributed by atoms with Crippen LogP contribution in [0.25, 0.3) is 0 Å². The minimum Gasteiger partial charge on any atom is -0.446 e. The lowest BCUT2D eigenvalue weighted by molar-refractivity contribution is -0.276. The zero-order valence-corrected chi connectivity index (χ0v) is 36.4. The van der Waals surface area contributed by atoms with Gasteiger partial charge in [-0.15, -0.1) is 0 Å². The summed E-state index contributed by atoms with van der Waals surface area (Å²) in [6, 6.07) is 56.0. The van der Waals surface area contributed by atoms with Crippen molar-refractivity contribution in [3.8, 4) is 0 Å². The third-order valence-corrected chi connectivity index (χ3v) is 10.9. The first kappa shape index (κ1) is 45.7. The molecule has 6 aromatic rings. The molecule has 1 fully saturated rings. The van der Waals surface area contributed by atoms with Gasteiger partial charge in [-0.25, -0.2) is 4.79 Å². The second-order valence-corrected chi connectivity index (χ2v) is 17.0. The van der Waals surface area contributed by atoms with Crippen LogP contribution in [-0.2, 0) is 58.6 Å². The van der Waals surface area contributed by atoms with E-state index in [0.717, 1.165) is 16.7 Å². The first-order chi connectivity index (χ1) is 30.7. The number of alkyl carbamates (subject to hydrolysis) is 1. The molecule has 1 saturated heterocycles. The van der Waals surface area contributed by atoms with Crippen molar-refractivity contribution in [3.05, 3.63) is 215 Å². The number of ether oxygens (including phenoxy) is 7. The highest BCUT2D eigenvalue weighted by atomic mass is 35.6. The van der Waals surface area contributed by atoms with Crippen molar-refractivity contribution in [1.82, 2.24) is 5.32 Å². The molecule has 326 valence electrons. The zero-order chi connectivity index (χ0) is 43.9. The summed E-state index contributed by atoms with van der Waals surface area (Å²) in [4.78, 5) is 14.9. The Morgan fingerprint density at radius 1 is 0.571 bits per heavy atom. The third kappa shape index (κ3) is 12.3. The van der Waals surface area contributed by atoms with Gasteiger partial charge < -0.3 is 38.5 Å². The number of alkyl halides is 3. The van der Waals surface area contributed by atoms with Crippen molar-refractivity contribution < 1.29 is 38.0 Å². The van der Waals surface area contributed by atoms with E-state index in [-0.39, 0.29) is 26.6 Å². The van der Waals surface area contributed by atoms with E-state index in [1.807, 2.05) is 182 Å². The van der Waals surface area contributed by atoms with Crippen molar-refractivity contribution in [3.63, 3.8) is 0 Å². The van der Waals surface area contributed by atoms with Crippen molar-refractivity contribution in [2.45, 2.75) is 59.9 Å². The van der Waals surface area contributed by atoms with Gasteiger partial charge in [-0.05, 0) is 16.7 Å². The van der Waals surface area contributed by atoms with Gasteiger partial charge in [0.1, 0.15) is 31.1 Å². The van der Waals surface area contributed by atoms with Crippen molar-refractivity contribution in [1.29, 1.82) is 5.41 Å². The highest BCUT2D eigenvalue weighted by molar-refractivity contribution is 6.76. The average Bonchev–Trinajstić information content (AvgIpc) is 3.32. The maximum absolute atomic E-state index is 14.9. The summed E-state index contributed by atoms with van der Waals surface area (Å²) in [7, 11) is 0. The van der Waals surface area contributed by atoms with Crippen LogP contribution < -0.4 is 5.32 Å². The van der Waals surface area contributed by atoms with Crippen LogP contribution >= 0.6 is 34.8 Å². The number of carbonyl (C=O) groups is 1. The number of nitrogens with one attached hydrogen (secondary N) is 2. The normalized spacial score (nSPS) is 18.9. The maximum Gasteiger partial charge on any atom is 0.409 e. The molecule has 1 aliphatic heterocycles. The molecule has 6 aromatic carbocycles. The van der Waals surface area contributed by atoms with Gasteiger partial charge in [0, 0.05) is 16.7 Å². The maximum atomic E-state index is 14.9. The standard InChI is InChI=1S/C50H47Cl3N2O8/c51-50(52,53)47(54)62-46-43(55-48(56)63-49(39-25-13-4-14-26-39,40-27-15-5-16-28-40)41-29-17-6-18-30-41)45(60-33-38-23-11-3-12-24-38)44(59-32-37-21-9-2-10-22-37)42(61-46)34-58-35-57-31-36-19-7-1-8-20-36/h1-30,42-46,54H,31-35H2,(H,55,56)/t42-,43-,44-,45-,46?/m1/s1. The molecular formula is C50H47Cl3N2O8. The molecule has 13 heteroatoms. The SMILES string of the molecule is N=C(OC1O[C@H](COCOCc2ccccc2)[C@@H](OCc2ccccc2)[C@H](OCc2ccccc2)[C@H]1NC(=O)OC(c1ccccc1)(c1ccccc1)c1ccccc1)C(Cl)(Cl)Cl. The number of rotatable bonds is 18. The average molecular weight is 910 g/mol. The van der Waals surface area contributed by atoms with Gasteiger partial charge in [-0.1, -0.05) is 217 Å². The molecular weight excluding hydrogens is 863 g/mol. The molecule has 0 radical (unpaired) electrons. The number of halogens is 3. The summed E-state index contributed by atoms with van der Waals surface area (Å²) in [6.07, 6.45) is -5.24. The molecule has 10 nitrogen and oxygen atoms in total. The third-order valence-electron chi connectivity index (χ3n) is 10.3. The Hall–Kier alpha value is -5.27. The largest absolute Gasteiger partial charge is 0.446 e. The van der Waals surface area contributed by atoms with Gasteiger partial charge >= 0.3 is 6.09 Å². The lowest BCUT2D eigenvalue weighted by Crippen LogP contribution is -2.67. The Balaban J connectivity index is 1.26. The van der Waals surface area contributed by atoms with Gasteiger partial charge in [0.25, 0.3) is 3.79 Å². The number of hydrogen-bond donors (Lipinski definition) is 2. The molecule has 0 spiro atoms. The molecule has 63 heavy (non-hydrogen) atoms. The summed E-state index contributed by atoms with van der Waals surface area (Å²) >= 11 is 18.6. The van der Waals surface area contributed by atoms with Crippen molar-refractivity contribution in [2.75, 3.05) is 13.4 Å². The number of amides is 1. The molecule has 1 heterocycles. The van der Waals surface area contributed by atoms with Crippen LogP contribution in [0.2, 0.25) is 0 Å². The predicted octanol–water partition coefficient (Wildman–Crippen LogP) is 10.5. The predicted molar refractivity (Wildman–Crippen MR) is 242 cm³/mol. The summed E-state index contributed by atoms with van der Waals surface area (Å²) in [5, 5.41) is 11.7.